The van der Waals surface area contributed by atoms with Crippen molar-refractivity contribution in [3.8, 4) is 17.3 Å². The fraction of sp³-hybridized carbons (Fsp3) is 0.400. The van der Waals surface area contributed by atoms with Crippen molar-refractivity contribution in [2.45, 2.75) is 44.3 Å². The minimum Gasteiger partial charge on any atom is -0.302 e. The predicted molar refractivity (Wildman–Crippen MR) is 99.8 cm³/mol. The van der Waals surface area contributed by atoms with E-state index in [0.29, 0.717) is 25.0 Å². The smallest absolute Gasteiger partial charge is 0.302 e. The average molecular weight is 398 g/mol. The number of fused-ring (bicyclic) bond motifs is 5. The molecule has 0 radical (unpaired) electrons. The third-order valence-electron chi connectivity index (χ3n) is 6.01. The number of aromatic nitrogens is 3. The Morgan fingerprint density at radius 1 is 1.28 bits per heavy atom. The number of hydrogen-bond donors (Lipinski definition) is 2. The lowest BCUT2D eigenvalue weighted by atomic mass is 9.74. The molecule has 0 saturated carbocycles. The summed E-state index contributed by atoms with van der Waals surface area (Å²) in [6, 6.07) is 2.29. The standard InChI is InChI=1S/C20H17F3N6/c1-9-16-15(28-27-9)5-4-14-17(16)11-3-2-10(7-24)6-12(11)18(26-14)13-8-25-29-19(13)20(21,22)23/h4-5,8,10,15-16,28H,2-3,6H2,1H3,(H,25,29). The van der Waals surface area contributed by atoms with Gasteiger partial charge in [0.25, 0.3) is 0 Å². The highest BCUT2D eigenvalue weighted by Gasteiger charge is 2.41. The maximum atomic E-state index is 13.5. The van der Waals surface area contributed by atoms with E-state index in [9.17, 15) is 18.4 Å². The molecule has 0 aromatic carbocycles. The van der Waals surface area contributed by atoms with E-state index in [0.717, 1.165) is 22.4 Å². The number of nitriles is 1. The number of halogens is 3. The van der Waals surface area contributed by atoms with Crippen LogP contribution < -0.4 is 5.43 Å². The molecule has 3 aliphatic rings. The number of nitrogens with one attached hydrogen (secondary N) is 2. The number of rotatable bonds is 1. The van der Waals surface area contributed by atoms with Gasteiger partial charge in [-0.25, -0.2) is 4.98 Å². The summed E-state index contributed by atoms with van der Waals surface area (Å²) < 4.78 is 40.6. The molecule has 0 amide bonds. The van der Waals surface area contributed by atoms with Crippen molar-refractivity contribution in [3.05, 3.63) is 40.4 Å². The molecule has 9 heteroatoms. The summed E-state index contributed by atoms with van der Waals surface area (Å²) in [6.45, 7) is 1.94. The molecule has 0 saturated heterocycles. The minimum absolute atomic E-state index is 0.00960. The molecule has 0 spiro atoms. The van der Waals surface area contributed by atoms with Gasteiger partial charge in [-0.05, 0) is 49.0 Å². The van der Waals surface area contributed by atoms with E-state index < -0.39 is 11.9 Å². The van der Waals surface area contributed by atoms with Gasteiger partial charge in [0.05, 0.1) is 47.1 Å². The molecular weight excluding hydrogens is 381 g/mol. The highest BCUT2D eigenvalue weighted by Crippen LogP contribution is 2.44. The average Bonchev–Trinajstić information content (AvgIpc) is 3.33. The van der Waals surface area contributed by atoms with Gasteiger partial charge in [-0.2, -0.15) is 28.6 Å². The quantitative estimate of drug-likeness (QED) is 0.768. The number of H-pyrrole nitrogens is 1. The van der Waals surface area contributed by atoms with Gasteiger partial charge in [0.2, 0.25) is 0 Å². The van der Waals surface area contributed by atoms with Crippen LogP contribution in [0, 0.1) is 17.2 Å². The van der Waals surface area contributed by atoms with Crippen LogP contribution in [0.25, 0.3) is 17.3 Å². The Bertz CT molecular complexity index is 1100. The normalized spacial score (nSPS) is 24.8. The summed E-state index contributed by atoms with van der Waals surface area (Å²) >= 11 is 0. The SMILES string of the molecule is CC1=NNC2C=Cc3nc(-c4cn[nH]c4C(F)(F)F)c4c(c3C12)CCC(C#N)C4. The summed E-state index contributed by atoms with van der Waals surface area (Å²) in [7, 11) is 0. The Balaban J connectivity index is 1.77. The highest BCUT2D eigenvalue weighted by atomic mass is 19.4. The predicted octanol–water partition coefficient (Wildman–Crippen LogP) is 3.58. The third-order valence-corrected chi connectivity index (χ3v) is 6.01. The highest BCUT2D eigenvalue weighted by molar-refractivity contribution is 5.94. The molecule has 2 aliphatic carbocycles. The minimum atomic E-state index is -4.57. The third kappa shape index (κ3) is 2.66. The zero-order valence-electron chi connectivity index (χ0n) is 15.5. The van der Waals surface area contributed by atoms with Crippen LogP contribution in [0.15, 0.2) is 17.4 Å². The lowest BCUT2D eigenvalue weighted by molar-refractivity contribution is -0.140. The number of aromatic amines is 1. The van der Waals surface area contributed by atoms with Gasteiger partial charge in [0.1, 0.15) is 5.69 Å². The maximum absolute atomic E-state index is 13.5. The number of nitrogens with zero attached hydrogens (tertiary/aromatic N) is 4. The number of hydrazone groups is 1. The van der Waals surface area contributed by atoms with Crippen LogP contribution in [0.1, 0.15) is 47.3 Å². The van der Waals surface area contributed by atoms with Crippen LogP contribution in [-0.2, 0) is 19.0 Å². The van der Waals surface area contributed by atoms with E-state index >= 15 is 0 Å². The molecule has 5 rings (SSSR count). The van der Waals surface area contributed by atoms with Gasteiger partial charge in [-0.3, -0.25) is 5.10 Å². The molecule has 1 aliphatic heterocycles. The van der Waals surface area contributed by atoms with Gasteiger partial charge < -0.3 is 5.43 Å². The van der Waals surface area contributed by atoms with Crippen molar-refractivity contribution in [3.63, 3.8) is 0 Å². The Labute approximate surface area is 164 Å². The van der Waals surface area contributed by atoms with Crippen LogP contribution in [0.5, 0.6) is 0 Å². The van der Waals surface area contributed by atoms with E-state index in [1.54, 1.807) is 0 Å². The maximum Gasteiger partial charge on any atom is 0.433 e. The molecule has 29 heavy (non-hydrogen) atoms. The topological polar surface area (TPSA) is 89.8 Å². The van der Waals surface area contributed by atoms with E-state index in [-0.39, 0.29) is 29.1 Å². The van der Waals surface area contributed by atoms with Gasteiger partial charge in [0.15, 0.2) is 0 Å². The number of hydrogen-bond acceptors (Lipinski definition) is 5. The Hall–Kier alpha value is -3.15. The van der Waals surface area contributed by atoms with Crippen molar-refractivity contribution in [2.75, 3.05) is 0 Å². The van der Waals surface area contributed by atoms with Crippen molar-refractivity contribution in [1.29, 1.82) is 5.26 Å². The molecule has 2 aromatic heterocycles. The Morgan fingerprint density at radius 2 is 2.10 bits per heavy atom. The first-order valence-electron chi connectivity index (χ1n) is 9.42. The van der Waals surface area contributed by atoms with Crippen LogP contribution >= 0.6 is 0 Å². The van der Waals surface area contributed by atoms with Crippen LogP contribution in [0.3, 0.4) is 0 Å². The molecule has 3 atom stereocenters. The van der Waals surface area contributed by atoms with Gasteiger partial charge in [-0.15, -0.1) is 0 Å². The molecular formula is C20H17F3N6. The lowest BCUT2D eigenvalue weighted by Gasteiger charge is -2.31. The summed E-state index contributed by atoms with van der Waals surface area (Å²) in [4.78, 5) is 4.67. The first kappa shape index (κ1) is 17.9. The van der Waals surface area contributed by atoms with Gasteiger partial charge >= 0.3 is 6.18 Å². The zero-order chi connectivity index (χ0) is 20.3. The summed E-state index contributed by atoms with van der Waals surface area (Å²) in [5, 5.41) is 19.5. The van der Waals surface area contributed by atoms with Crippen LogP contribution in [-0.4, -0.2) is 26.9 Å². The van der Waals surface area contributed by atoms with Crippen molar-refractivity contribution in [2.24, 2.45) is 11.0 Å². The van der Waals surface area contributed by atoms with E-state index in [4.69, 9.17) is 0 Å². The molecule has 0 fully saturated rings. The largest absolute Gasteiger partial charge is 0.433 e. The van der Waals surface area contributed by atoms with Gasteiger partial charge in [0, 0.05) is 5.71 Å². The summed E-state index contributed by atoms with van der Waals surface area (Å²) in [5.41, 5.74) is 6.74. The van der Waals surface area contributed by atoms with E-state index in [1.165, 1.54) is 6.20 Å². The fourth-order valence-electron chi connectivity index (χ4n) is 4.69. The monoisotopic (exact) mass is 398 g/mol. The second-order valence-electron chi connectivity index (χ2n) is 7.69. The number of alkyl halides is 3. The van der Waals surface area contributed by atoms with Crippen molar-refractivity contribution < 1.29 is 13.2 Å². The number of pyridine rings is 1. The second kappa shape index (κ2) is 6.17. The second-order valence-corrected chi connectivity index (χ2v) is 7.69. The van der Waals surface area contributed by atoms with Gasteiger partial charge in [-0.1, -0.05) is 6.08 Å². The van der Waals surface area contributed by atoms with Crippen LogP contribution in [0.2, 0.25) is 0 Å². The molecule has 2 aromatic rings. The Morgan fingerprint density at radius 3 is 2.86 bits per heavy atom. The van der Waals surface area contributed by atoms with Crippen molar-refractivity contribution in [1.82, 2.24) is 20.6 Å². The van der Waals surface area contributed by atoms with E-state index in [1.807, 2.05) is 19.1 Å². The van der Waals surface area contributed by atoms with Crippen LogP contribution in [0.4, 0.5) is 13.2 Å². The molecule has 3 heterocycles. The summed E-state index contributed by atoms with van der Waals surface area (Å²) in [6.07, 6.45) is 2.11. The zero-order valence-corrected chi connectivity index (χ0v) is 15.5. The molecule has 0 bridgehead atoms. The first-order valence-corrected chi connectivity index (χ1v) is 9.42. The molecule has 2 N–H and O–H groups in total. The molecule has 3 unspecified atom stereocenters. The Kier molecular flexibility index (Phi) is 3.81. The first-order chi connectivity index (χ1) is 13.9. The van der Waals surface area contributed by atoms with E-state index in [2.05, 4.69) is 31.8 Å². The molecule has 148 valence electrons. The lowest BCUT2D eigenvalue weighted by Crippen LogP contribution is -2.31. The summed E-state index contributed by atoms with van der Waals surface area (Å²) in [5.74, 6) is -0.232. The fourth-order valence-corrected chi connectivity index (χ4v) is 4.69. The molecule has 6 nitrogen and oxygen atoms in total. The van der Waals surface area contributed by atoms with Crippen molar-refractivity contribution >= 4 is 11.8 Å².